The van der Waals surface area contributed by atoms with Gasteiger partial charge in [0.15, 0.2) is 0 Å². The van der Waals surface area contributed by atoms with E-state index in [-0.39, 0.29) is 5.60 Å². The summed E-state index contributed by atoms with van der Waals surface area (Å²) in [4.78, 5) is 0. The Bertz CT molecular complexity index is 140. The number of halogens is 1. The fraction of sp³-hybridized carbons (Fsp3) is 1.00. The molecule has 0 N–H and O–H groups in total. The van der Waals surface area contributed by atoms with E-state index in [1.807, 2.05) is 0 Å². The molecule has 0 fully saturated rings. The molecule has 86 valence electrons. The first-order chi connectivity index (χ1) is 6.61. The normalized spacial score (nSPS) is 16.9. The van der Waals surface area contributed by atoms with Gasteiger partial charge in [0.2, 0.25) is 0 Å². The van der Waals surface area contributed by atoms with Crippen LogP contribution in [0.3, 0.4) is 0 Å². The van der Waals surface area contributed by atoms with Crippen molar-refractivity contribution in [2.24, 2.45) is 5.92 Å². The van der Waals surface area contributed by atoms with Gasteiger partial charge < -0.3 is 4.43 Å². The van der Waals surface area contributed by atoms with E-state index in [9.17, 15) is 0 Å². The first kappa shape index (κ1) is 14.9. The van der Waals surface area contributed by atoms with Gasteiger partial charge in [-0.25, -0.2) is 0 Å². The highest BCUT2D eigenvalue weighted by atomic mass is 127. The van der Waals surface area contributed by atoms with Crippen molar-refractivity contribution in [2.75, 3.05) is 0 Å². The Hall–Kier alpha value is 0.907. The van der Waals surface area contributed by atoms with Crippen LogP contribution >= 0.6 is 22.6 Å². The summed E-state index contributed by atoms with van der Waals surface area (Å²) in [7, 11) is 0.863. The maximum Gasteiger partial charge on any atom is 0.146 e. The molecule has 14 heavy (non-hydrogen) atoms. The molecule has 0 rings (SSSR count). The van der Waals surface area contributed by atoms with Crippen molar-refractivity contribution in [2.45, 2.75) is 62.9 Å². The Kier molecular flexibility index (Phi) is 7.69. The zero-order valence-corrected chi connectivity index (χ0v) is 14.4. The van der Waals surface area contributed by atoms with Gasteiger partial charge in [-0.1, -0.05) is 50.3 Å². The van der Waals surface area contributed by atoms with Crippen molar-refractivity contribution < 1.29 is 4.43 Å². The lowest BCUT2D eigenvalue weighted by Gasteiger charge is -2.41. The SMILES string of the molecule is CCC(I)C(CC)C(CC)(CC)O[SiH3]. The zero-order chi connectivity index (χ0) is 11.2. The van der Waals surface area contributed by atoms with Gasteiger partial charge in [-0.15, -0.1) is 0 Å². The van der Waals surface area contributed by atoms with Gasteiger partial charge in [0, 0.05) is 3.92 Å². The maximum absolute atomic E-state index is 5.95. The van der Waals surface area contributed by atoms with E-state index < -0.39 is 0 Å². The smallest absolute Gasteiger partial charge is 0.146 e. The summed E-state index contributed by atoms with van der Waals surface area (Å²) in [6.07, 6.45) is 4.81. The predicted molar refractivity (Wildman–Crippen MR) is 76.2 cm³/mol. The fourth-order valence-electron chi connectivity index (χ4n) is 2.46. The number of hydrogen-bond acceptors (Lipinski definition) is 1. The largest absolute Gasteiger partial charge is 0.422 e. The standard InChI is InChI=1S/C11H25IOSi/c1-5-9(10(12)6-2)11(7-3,8-4)13-14/h9-10H,5-8H2,1-4,14H3. The first-order valence-electron chi connectivity index (χ1n) is 5.80. The van der Waals surface area contributed by atoms with Crippen molar-refractivity contribution in [1.29, 1.82) is 0 Å². The molecule has 0 aliphatic rings. The highest BCUT2D eigenvalue weighted by molar-refractivity contribution is 14.1. The molecule has 0 aliphatic carbocycles. The Labute approximate surface area is 106 Å². The summed E-state index contributed by atoms with van der Waals surface area (Å²) in [6, 6.07) is 0. The molecular weight excluding hydrogens is 303 g/mol. The van der Waals surface area contributed by atoms with E-state index >= 15 is 0 Å². The summed E-state index contributed by atoms with van der Waals surface area (Å²) in [5.74, 6) is 0.723. The lowest BCUT2D eigenvalue weighted by atomic mass is 9.78. The van der Waals surface area contributed by atoms with Gasteiger partial charge in [0.25, 0.3) is 0 Å². The second-order valence-corrected chi connectivity index (χ2v) is 5.92. The second-order valence-electron chi connectivity index (χ2n) is 3.91. The van der Waals surface area contributed by atoms with E-state index in [1.54, 1.807) is 0 Å². The molecule has 0 aromatic rings. The Morgan fingerprint density at radius 1 is 1.14 bits per heavy atom. The molecule has 0 saturated carbocycles. The van der Waals surface area contributed by atoms with E-state index in [0.29, 0.717) is 0 Å². The average Bonchev–Trinajstić information content (AvgIpc) is 2.25. The van der Waals surface area contributed by atoms with Crippen LogP contribution in [0, 0.1) is 5.92 Å². The van der Waals surface area contributed by atoms with Gasteiger partial charge in [-0.2, -0.15) is 0 Å². The van der Waals surface area contributed by atoms with Gasteiger partial charge >= 0.3 is 0 Å². The van der Waals surface area contributed by atoms with Gasteiger partial charge in [0.05, 0.1) is 5.60 Å². The van der Waals surface area contributed by atoms with E-state index in [4.69, 9.17) is 4.43 Å². The van der Waals surface area contributed by atoms with E-state index in [0.717, 1.165) is 33.2 Å². The van der Waals surface area contributed by atoms with Crippen LogP contribution in [-0.2, 0) is 4.43 Å². The highest BCUT2D eigenvalue weighted by Gasteiger charge is 2.37. The third-order valence-corrected chi connectivity index (χ3v) is 6.11. The lowest BCUT2D eigenvalue weighted by molar-refractivity contribution is 0.00589. The second kappa shape index (κ2) is 7.22. The van der Waals surface area contributed by atoms with Crippen LogP contribution in [0.15, 0.2) is 0 Å². The molecule has 0 heterocycles. The van der Waals surface area contributed by atoms with Gasteiger partial charge in [-0.05, 0) is 31.6 Å². The summed E-state index contributed by atoms with van der Waals surface area (Å²) < 4.78 is 6.70. The highest BCUT2D eigenvalue weighted by Crippen LogP contribution is 2.37. The molecule has 3 heteroatoms. The van der Waals surface area contributed by atoms with Crippen LogP contribution in [0.1, 0.15) is 53.4 Å². The average molecular weight is 328 g/mol. The maximum atomic E-state index is 5.95. The molecule has 2 atom stereocenters. The van der Waals surface area contributed by atoms with Crippen LogP contribution in [0.4, 0.5) is 0 Å². The van der Waals surface area contributed by atoms with Gasteiger partial charge in [-0.3, -0.25) is 0 Å². The molecule has 0 aromatic heterocycles. The van der Waals surface area contributed by atoms with Crippen LogP contribution in [0.25, 0.3) is 0 Å². The number of hydrogen-bond donors (Lipinski definition) is 0. The molecular formula is C11H25IOSi. The van der Waals surface area contributed by atoms with Crippen LogP contribution in [0.2, 0.25) is 0 Å². The van der Waals surface area contributed by atoms with Crippen LogP contribution in [0.5, 0.6) is 0 Å². The molecule has 0 bridgehead atoms. The minimum atomic E-state index is 0.169. The molecule has 0 radical (unpaired) electrons. The minimum Gasteiger partial charge on any atom is -0.422 e. The Balaban J connectivity index is 4.73. The van der Waals surface area contributed by atoms with Crippen molar-refractivity contribution in [1.82, 2.24) is 0 Å². The monoisotopic (exact) mass is 328 g/mol. The molecule has 0 amide bonds. The summed E-state index contributed by atoms with van der Waals surface area (Å²) in [5.41, 5.74) is 0.169. The Morgan fingerprint density at radius 3 is 1.86 bits per heavy atom. The topological polar surface area (TPSA) is 9.23 Å². The fourth-order valence-corrected chi connectivity index (χ4v) is 4.50. The lowest BCUT2D eigenvalue weighted by Crippen LogP contribution is -2.43. The zero-order valence-electron chi connectivity index (χ0n) is 10.3. The third kappa shape index (κ3) is 3.20. The van der Waals surface area contributed by atoms with Crippen molar-refractivity contribution >= 4 is 33.1 Å². The van der Waals surface area contributed by atoms with E-state index in [2.05, 4.69) is 50.3 Å². The van der Waals surface area contributed by atoms with Crippen molar-refractivity contribution in [3.8, 4) is 0 Å². The summed E-state index contributed by atoms with van der Waals surface area (Å²) in [5, 5.41) is 0. The van der Waals surface area contributed by atoms with Crippen molar-refractivity contribution in [3.63, 3.8) is 0 Å². The minimum absolute atomic E-state index is 0.169. The number of rotatable bonds is 7. The van der Waals surface area contributed by atoms with Crippen LogP contribution in [-0.4, -0.2) is 20.0 Å². The third-order valence-electron chi connectivity index (χ3n) is 3.55. The molecule has 2 unspecified atom stereocenters. The van der Waals surface area contributed by atoms with Gasteiger partial charge in [0.1, 0.15) is 10.5 Å². The predicted octanol–water partition coefficient (Wildman–Crippen LogP) is 3.08. The molecule has 0 saturated heterocycles. The number of alkyl halides is 1. The summed E-state index contributed by atoms with van der Waals surface area (Å²) >= 11 is 2.60. The van der Waals surface area contributed by atoms with E-state index in [1.165, 1.54) is 12.8 Å². The molecule has 0 aliphatic heterocycles. The van der Waals surface area contributed by atoms with Crippen molar-refractivity contribution in [3.05, 3.63) is 0 Å². The molecule has 1 nitrogen and oxygen atoms in total. The Morgan fingerprint density at radius 2 is 1.64 bits per heavy atom. The summed E-state index contributed by atoms with van der Waals surface area (Å²) in [6.45, 7) is 9.11. The first-order valence-corrected chi connectivity index (χ1v) is 7.87. The molecule has 0 aromatic carbocycles. The molecule has 0 spiro atoms. The van der Waals surface area contributed by atoms with Crippen LogP contribution < -0.4 is 0 Å². The quantitative estimate of drug-likeness (QED) is 0.396.